The van der Waals surface area contributed by atoms with E-state index in [4.69, 9.17) is 5.73 Å². The van der Waals surface area contributed by atoms with Crippen molar-refractivity contribution in [3.05, 3.63) is 35.4 Å². The van der Waals surface area contributed by atoms with Gasteiger partial charge in [0.05, 0.1) is 0 Å². The molecule has 0 aliphatic carbocycles. The molecule has 2 heteroatoms. The molecule has 0 fully saturated rings. The molecule has 2 nitrogen and oxygen atoms in total. The van der Waals surface area contributed by atoms with Gasteiger partial charge in [0.25, 0.3) is 0 Å². The van der Waals surface area contributed by atoms with Gasteiger partial charge in [-0.05, 0) is 44.6 Å². The molecule has 1 rings (SSSR count). The van der Waals surface area contributed by atoms with Crippen LogP contribution in [0.4, 0.5) is 5.69 Å². The zero-order valence-corrected chi connectivity index (χ0v) is 8.88. The normalized spacial score (nSPS) is 11.0. The molecule has 0 heterocycles. The molecule has 0 amide bonds. The summed E-state index contributed by atoms with van der Waals surface area (Å²) in [5, 5.41) is 3.10. The van der Waals surface area contributed by atoms with Crippen LogP contribution >= 0.6 is 0 Å². The summed E-state index contributed by atoms with van der Waals surface area (Å²) in [6.45, 7) is 3.08. The number of hydrogen-bond donors (Lipinski definition) is 2. The summed E-state index contributed by atoms with van der Waals surface area (Å²) in [5.41, 5.74) is 9.04. The third-order valence-electron chi connectivity index (χ3n) is 2.10. The molecule has 0 aliphatic heterocycles. The van der Waals surface area contributed by atoms with Gasteiger partial charge in [-0.3, -0.25) is 0 Å². The van der Waals surface area contributed by atoms with E-state index in [0.717, 1.165) is 24.2 Å². The highest BCUT2D eigenvalue weighted by molar-refractivity contribution is 5.65. The largest absolute Gasteiger partial charge is 0.398 e. The van der Waals surface area contributed by atoms with Crippen LogP contribution in [0.3, 0.4) is 0 Å². The van der Waals surface area contributed by atoms with Crippen LogP contribution in [-0.2, 0) is 0 Å². The molecule has 0 aliphatic rings. The molecule has 1 aromatic rings. The van der Waals surface area contributed by atoms with Gasteiger partial charge in [0.15, 0.2) is 0 Å². The van der Waals surface area contributed by atoms with Crippen molar-refractivity contribution in [1.82, 2.24) is 5.32 Å². The molecular weight excluding hydrogens is 172 g/mol. The Kier molecular flexibility index (Phi) is 4.20. The lowest BCUT2D eigenvalue weighted by Gasteiger charge is -2.01. The van der Waals surface area contributed by atoms with Crippen molar-refractivity contribution in [2.75, 3.05) is 19.3 Å². The molecule has 76 valence electrons. The minimum atomic E-state index is 0.844. The van der Waals surface area contributed by atoms with E-state index >= 15 is 0 Å². The Hall–Kier alpha value is -1.28. The van der Waals surface area contributed by atoms with E-state index in [1.54, 1.807) is 0 Å². The predicted octanol–water partition coefficient (Wildman–Crippen LogP) is 2.20. The number of hydrogen-bond acceptors (Lipinski definition) is 2. The predicted molar refractivity (Wildman–Crippen MR) is 63.2 cm³/mol. The third-order valence-corrected chi connectivity index (χ3v) is 2.10. The highest BCUT2D eigenvalue weighted by atomic mass is 14.8. The fourth-order valence-corrected chi connectivity index (χ4v) is 1.28. The summed E-state index contributed by atoms with van der Waals surface area (Å²) in [6, 6.07) is 6.08. The van der Waals surface area contributed by atoms with E-state index in [2.05, 4.69) is 30.5 Å². The van der Waals surface area contributed by atoms with Crippen molar-refractivity contribution in [3.8, 4) is 0 Å². The van der Waals surface area contributed by atoms with Gasteiger partial charge in [-0.1, -0.05) is 23.8 Å². The minimum Gasteiger partial charge on any atom is -0.398 e. The van der Waals surface area contributed by atoms with Gasteiger partial charge in [-0.15, -0.1) is 0 Å². The van der Waals surface area contributed by atoms with E-state index in [1.807, 2.05) is 19.2 Å². The molecule has 0 atom stereocenters. The maximum Gasteiger partial charge on any atom is 0.0387 e. The second kappa shape index (κ2) is 5.45. The van der Waals surface area contributed by atoms with Crippen LogP contribution in [0.15, 0.2) is 24.3 Å². The number of rotatable bonds is 4. The lowest BCUT2D eigenvalue weighted by Crippen LogP contribution is -2.05. The molecule has 0 radical (unpaired) electrons. The third kappa shape index (κ3) is 3.23. The van der Waals surface area contributed by atoms with Gasteiger partial charge in [0.1, 0.15) is 0 Å². The quantitative estimate of drug-likeness (QED) is 0.564. The summed E-state index contributed by atoms with van der Waals surface area (Å²) in [6.07, 6.45) is 5.26. The molecule has 0 spiro atoms. The number of benzene rings is 1. The lowest BCUT2D eigenvalue weighted by molar-refractivity contribution is 0.809. The van der Waals surface area contributed by atoms with E-state index in [9.17, 15) is 0 Å². The number of nitrogen functional groups attached to an aromatic ring is 1. The first-order valence-electron chi connectivity index (χ1n) is 4.91. The molecule has 0 unspecified atom stereocenters. The first kappa shape index (κ1) is 10.8. The van der Waals surface area contributed by atoms with E-state index in [0.29, 0.717) is 0 Å². The molecule has 0 bridgehead atoms. The Labute approximate surface area is 85.8 Å². The Morgan fingerprint density at radius 1 is 1.43 bits per heavy atom. The molecule has 14 heavy (non-hydrogen) atoms. The molecular formula is C12H18N2. The van der Waals surface area contributed by atoms with Gasteiger partial charge < -0.3 is 11.1 Å². The number of aryl methyl sites for hydroxylation is 1. The van der Waals surface area contributed by atoms with Crippen LogP contribution in [0.25, 0.3) is 6.08 Å². The van der Waals surface area contributed by atoms with E-state index in [-0.39, 0.29) is 0 Å². The van der Waals surface area contributed by atoms with Gasteiger partial charge in [0.2, 0.25) is 0 Å². The topological polar surface area (TPSA) is 38.0 Å². The zero-order valence-electron chi connectivity index (χ0n) is 8.88. The van der Waals surface area contributed by atoms with Gasteiger partial charge in [0, 0.05) is 5.69 Å². The first-order valence-corrected chi connectivity index (χ1v) is 4.91. The van der Waals surface area contributed by atoms with Crippen molar-refractivity contribution in [2.24, 2.45) is 0 Å². The molecule has 0 saturated carbocycles. The Bertz CT molecular complexity index is 316. The summed E-state index contributed by atoms with van der Waals surface area (Å²) < 4.78 is 0. The Balaban J connectivity index is 2.65. The van der Waals surface area contributed by atoms with Crippen LogP contribution in [0.2, 0.25) is 0 Å². The van der Waals surface area contributed by atoms with Crippen molar-refractivity contribution < 1.29 is 0 Å². The van der Waals surface area contributed by atoms with Gasteiger partial charge in [-0.25, -0.2) is 0 Å². The van der Waals surface area contributed by atoms with E-state index < -0.39 is 0 Å². The average Bonchev–Trinajstić information content (AvgIpc) is 2.18. The minimum absolute atomic E-state index is 0.844. The van der Waals surface area contributed by atoms with Crippen LogP contribution in [0.1, 0.15) is 17.5 Å². The fraction of sp³-hybridized carbons (Fsp3) is 0.333. The second-order valence-electron chi connectivity index (χ2n) is 3.43. The van der Waals surface area contributed by atoms with Crippen LogP contribution in [0, 0.1) is 6.92 Å². The van der Waals surface area contributed by atoms with Crippen LogP contribution in [0.5, 0.6) is 0 Å². The van der Waals surface area contributed by atoms with Crippen molar-refractivity contribution in [1.29, 1.82) is 0 Å². The molecule has 3 N–H and O–H groups in total. The summed E-state index contributed by atoms with van der Waals surface area (Å²) in [4.78, 5) is 0. The zero-order chi connectivity index (χ0) is 10.4. The SMILES string of the molecule is CNCCC=Cc1cc(C)ccc1N. The van der Waals surface area contributed by atoms with Crippen molar-refractivity contribution >= 4 is 11.8 Å². The molecule has 0 saturated heterocycles. The maximum atomic E-state index is 5.84. The number of nitrogens with two attached hydrogens (primary N) is 1. The molecule has 1 aromatic carbocycles. The fourth-order valence-electron chi connectivity index (χ4n) is 1.28. The second-order valence-corrected chi connectivity index (χ2v) is 3.43. The van der Waals surface area contributed by atoms with Crippen LogP contribution in [-0.4, -0.2) is 13.6 Å². The Morgan fingerprint density at radius 2 is 2.21 bits per heavy atom. The summed E-state index contributed by atoms with van der Waals surface area (Å²) >= 11 is 0. The van der Waals surface area contributed by atoms with Gasteiger partial charge in [-0.2, -0.15) is 0 Å². The summed E-state index contributed by atoms with van der Waals surface area (Å²) in [7, 11) is 1.95. The van der Waals surface area contributed by atoms with Crippen molar-refractivity contribution in [3.63, 3.8) is 0 Å². The average molecular weight is 190 g/mol. The molecule has 0 aromatic heterocycles. The highest BCUT2D eigenvalue weighted by Crippen LogP contribution is 2.15. The monoisotopic (exact) mass is 190 g/mol. The lowest BCUT2D eigenvalue weighted by atomic mass is 10.1. The number of anilines is 1. The highest BCUT2D eigenvalue weighted by Gasteiger charge is 1.93. The van der Waals surface area contributed by atoms with Gasteiger partial charge >= 0.3 is 0 Å². The number of nitrogens with one attached hydrogen (secondary N) is 1. The maximum absolute atomic E-state index is 5.84. The Morgan fingerprint density at radius 3 is 2.93 bits per heavy atom. The standard InChI is InChI=1S/C12H18N2/c1-10-6-7-12(13)11(9-10)5-3-4-8-14-2/h3,5-7,9,14H,4,8,13H2,1-2H3. The van der Waals surface area contributed by atoms with E-state index in [1.165, 1.54) is 5.56 Å². The van der Waals surface area contributed by atoms with Crippen molar-refractivity contribution in [2.45, 2.75) is 13.3 Å². The first-order chi connectivity index (χ1) is 6.74. The van der Waals surface area contributed by atoms with Crippen LogP contribution < -0.4 is 11.1 Å². The smallest absolute Gasteiger partial charge is 0.0387 e. The summed E-state index contributed by atoms with van der Waals surface area (Å²) in [5.74, 6) is 0.